The van der Waals surface area contributed by atoms with Crippen LogP contribution in [0.3, 0.4) is 0 Å². The van der Waals surface area contributed by atoms with Crippen molar-refractivity contribution < 1.29 is 27.6 Å². The van der Waals surface area contributed by atoms with Crippen molar-refractivity contribution in [2.24, 2.45) is 11.8 Å². The minimum absolute atomic E-state index is 0. The van der Waals surface area contributed by atoms with E-state index in [9.17, 15) is 4.79 Å². The van der Waals surface area contributed by atoms with Crippen molar-refractivity contribution in [3.8, 4) is 0 Å². The van der Waals surface area contributed by atoms with Crippen LogP contribution in [0.15, 0.2) is 25.3 Å². The number of rotatable bonds is 12. The van der Waals surface area contributed by atoms with Gasteiger partial charge in [-0.3, -0.25) is 4.79 Å². The molecule has 0 aliphatic heterocycles. The average Bonchev–Trinajstić information content (AvgIpc) is 2.33. The normalized spacial score (nSPS) is 11.7. The quantitative estimate of drug-likeness (QED) is 0.366. The van der Waals surface area contributed by atoms with Gasteiger partial charge in [-0.2, -0.15) is 0 Å². The van der Waals surface area contributed by atoms with Gasteiger partial charge in [0, 0.05) is 6.42 Å². The maximum atomic E-state index is 10.6. The molecule has 0 aromatic heterocycles. The molecule has 0 aromatic carbocycles. The fourth-order valence-electron chi connectivity index (χ4n) is 1.99. The number of nitrogens with two attached hydrogens (primary N) is 1. The third kappa shape index (κ3) is 12.0. The Hall–Kier alpha value is -0.800. The zero-order valence-corrected chi connectivity index (χ0v) is 12.7. The van der Waals surface area contributed by atoms with E-state index in [0.717, 1.165) is 32.4 Å². The number of carboxylic acid groups (broad SMARTS) is 1. The van der Waals surface area contributed by atoms with E-state index >= 15 is 0 Å². The smallest absolute Gasteiger partial charge is 0.306 e. The van der Waals surface area contributed by atoms with Crippen molar-refractivity contribution in [1.29, 1.82) is 0 Å². The lowest BCUT2D eigenvalue weighted by Crippen LogP contribution is -3.00. The molecule has 3 nitrogen and oxygen atoms in total. The summed E-state index contributed by atoms with van der Waals surface area (Å²) in [5.41, 5.74) is 0. The van der Waals surface area contributed by atoms with Gasteiger partial charge in [0.05, 0.1) is 19.0 Å². The highest BCUT2D eigenvalue weighted by Gasteiger charge is 2.11. The van der Waals surface area contributed by atoms with E-state index in [1.54, 1.807) is 6.92 Å². The fraction of sp³-hybridized carbons (Fsp3) is 0.667. The first kappa shape index (κ1) is 20.5. The van der Waals surface area contributed by atoms with Crippen molar-refractivity contribution in [1.82, 2.24) is 0 Å². The largest absolute Gasteiger partial charge is 1.00 e. The van der Waals surface area contributed by atoms with E-state index < -0.39 is 5.97 Å². The fourth-order valence-corrected chi connectivity index (χ4v) is 1.99. The summed E-state index contributed by atoms with van der Waals surface area (Å²) in [6.45, 7) is 11.3. The van der Waals surface area contributed by atoms with E-state index in [0.29, 0.717) is 5.92 Å². The number of hydrogen-bond acceptors (Lipinski definition) is 1. The molecular weight excluding hydrogens is 262 g/mol. The molecular formula is C15H28ClNO2. The molecule has 0 spiro atoms. The van der Waals surface area contributed by atoms with Crippen LogP contribution in [0.2, 0.25) is 0 Å². The lowest BCUT2D eigenvalue weighted by molar-refractivity contribution is -0.656. The first-order chi connectivity index (χ1) is 8.61. The average molecular weight is 290 g/mol. The number of hydrogen-bond donors (Lipinski definition) is 2. The predicted octanol–water partition coefficient (Wildman–Crippen LogP) is -0.787. The molecule has 0 amide bonds. The molecule has 0 aliphatic carbocycles. The standard InChI is InChI=1S/C15H27NO2.ClH/c1-4-7-14(8-5-2)9-6-11-16-12-10-13(3)15(17)18;/h4-5,13-14,16H,1-2,6-12H2,3H3,(H,17,18);1H. The molecule has 4 heteroatoms. The Morgan fingerprint density at radius 1 is 1.21 bits per heavy atom. The highest BCUT2D eigenvalue weighted by atomic mass is 35.5. The number of aliphatic carboxylic acids is 1. The van der Waals surface area contributed by atoms with Gasteiger partial charge < -0.3 is 22.8 Å². The number of carboxylic acids is 1. The SMILES string of the molecule is C=CCC(CC=C)CCC[NH2+]CCC(C)C(=O)O.[Cl-]. The zero-order valence-electron chi connectivity index (χ0n) is 12.0. The van der Waals surface area contributed by atoms with Gasteiger partial charge in [0.15, 0.2) is 0 Å². The van der Waals surface area contributed by atoms with Crippen molar-refractivity contribution in [2.45, 2.75) is 39.0 Å². The molecule has 0 heterocycles. The molecule has 3 N–H and O–H groups in total. The van der Waals surface area contributed by atoms with E-state index in [4.69, 9.17) is 5.11 Å². The maximum absolute atomic E-state index is 10.6. The lowest BCUT2D eigenvalue weighted by Gasteiger charge is -2.12. The second-order valence-electron chi connectivity index (χ2n) is 4.95. The number of halogens is 1. The summed E-state index contributed by atoms with van der Waals surface area (Å²) in [5, 5.41) is 11.0. The lowest BCUT2D eigenvalue weighted by atomic mass is 9.96. The Morgan fingerprint density at radius 2 is 1.79 bits per heavy atom. The molecule has 112 valence electrons. The van der Waals surface area contributed by atoms with Gasteiger partial charge in [0.25, 0.3) is 0 Å². The van der Waals surface area contributed by atoms with Crippen LogP contribution in [-0.4, -0.2) is 24.2 Å². The monoisotopic (exact) mass is 289 g/mol. The van der Waals surface area contributed by atoms with Crippen molar-refractivity contribution in [3.63, 3.8) is 0 Å². The molecule has 0 aliphatic rings. The van der Waals surface area contributed by atoms with Crippen LogP contribution in [0, 0.1) is 11.8 Å². The minimum Gasteiger partial charge on any atom is -1.00 e. The second kappa shape index (κ2) is 13.6. The van der Waals surface area contributed by atoms with Crippen molar-refractivity contribution in [3.05, 3.63) is 25.3 Å². The van der Waals surface area contributed by atoms with Crippen molar-refractivity contribution >= 4 is 5.97 Å². The Labute approximate surface area is 123 Å². The van der Waals surface area contributed by atoms with Crippen LogP contribution in [0.5, 0.6) is 0 Å². The summed E-state index contributed by atoms with van der Waals surface area (Å²) in [4.78, 5) is 10.6. The van der Waals surface area contributed by atoms with Crippen LogP contribution in [0.1, 0.15) is 39.0 Å². The number of carbonyl (C=O) groups is 1. The van der Waals surface area contributed by atoms with Gasteiger partial charge in [-0.1, -0.05) is 19.1 Å². The van der Waals surface area contributed by atoms with E-state index in [2.05, 4.69) is 18.5 Å². The third-order valence-electron chi connectivity index (χ3n) is 3.25. The van der Waals surface area contributed by atoms with Crippen LogP contribution >= 0.6 is 0 Å². The highest BCUT2D eigenvalue weighted by molar-refractivity contribution is 5.69. The summed E-state index contributed by atoms with van der Waals surface area (Å²) in [6, 6.07) is 0. The Morgan fingerprint density at radius 3 is 2.26 bits per heavy atom. The third-order valence-corrected chi connectivity index (χ3v) is 3.25. The predicted molar refractivity (Wildman–Crippen MR) is 75.4 cm³/mol. The van der Waals surface area contributed by atoms with Gasteiger partial charge in [-0.05, 0) is 31.6 Å². The zero-order chi connectivity index (χ0) is 13.8. The molecule has 0 fully saturated rings. The summed E-state index contributed by atoms with van der Waals surface area (Å²) < 4.78 is 0. The van der Waals surface area contributed by atoms with Gasteiger partial charge in [-0.25, -0.2) is 0 Å². The molecule has 0 saturated carbocycles. The molecule has 0 rings (SSSR count). The number of allylic oxidation sites excluding steroid dienone is 2. The second-order valence-corrected chi connectivity index (χ2v) is 4.95. The van der Waals surface area contributed by atoms with E-state index in [-0.39, 0.29) is 18.3 Å². The van der Waals surface area contributed by atoms with Crippen LogP contribution in [-0.2, 0) is 4.79 Å². The van der Waals surface area contributed by atoms with Gasteiger partial charge >= 0.3 is 5.97 Å². The van der Waals surface area contributed by atoms with Gasteiger partial charge in [0.2, 0.25) is 0 Å². The molecule has 0 bridgehead atoms. The van der Waals surface area contributed by atoms with Crippen LogP contribution in [0.4, 0.5) is 0 Å². The van der Waals surface area contributed by atoms with Crippen LogP contribution in [0.25, 0.3) is 0 Å². The summed E-state index contributed by atoms with van der Waals surface area (Å²) in [7, 11) is 0. The first-order valence-corrected chi connectivity index (χ1v) is 6.88. The molecule has 1 unspecified atom stereocenters. The minimum atomic E-state index is -0.694. The molecule has 1 atom stereocenters. The van der Waals surface area contributed by atoms with Gasteiger partial charge in [0.1, 0.15) is 0 Å². The van der Waals surface area contributed by atoms with E-state index in [1.165, 1.54) is 12.8 Å². The molecule has 19 heavy (non-hydrogen) atoms. The molecule has 0 saturated heterocycles. The van der Waals surface area contributed by atoms with E-state index in [1.807, 2.05) is 12.2 Å². The molecule has 0 aromatic rings. The summed E-state index contributed by atoms with van der Waals surface area (Å²) in [6.07, 6.45) is 9.19. The molecule has 0 radical (unpaired) electrons. The Balaban J connectivity index is 0. The first-order valence-electron chi connectivity index (χ1n) is 6.88. The summed E-state index contributed by atoms with van der Waals surface area (Å²) >= 11 is 0. The van der Waals surface area contributed by atoms with Crippen LogP contribution < -0.4 is 17.7 Å². The Kier molecular flexibility index (Phi) is 14.7. The van der Waals surface area contributed by atoms with Gasteiger partial charge in [-0.15, -0.1) is 13.2 Å². The van der Waals surface area contributed by atoms with Crippen molar-refractivity contribution in [2.75, 3.05) is 13.1 Å². The summed E-state index contributed by atoms with van der Waals surface area (Å²) in [5.74, 6) is -0.248. The topological polar surface area (TPSA) is 53.9 Å². The maximum Gasteiger partial charge on any atom is 0.306 e. The Bertz CT molecular complexity index is 247. The number of quaternary nitrogens is 1. The highest BCUT2D eigenvalue weighted by Crippen LogP contribution is 2.15.